The quantitative estimate of drug-likeness (QED) is 0.730. The van der Waals surface area contributed by atoms with Crippen molar-refractivity contribution < 1.29 is 19.4 Å². The Balaban J connectivity index is 2.02. The van der Waals surface area contributed by atoms with Gasteiger partial charge < -0.3 is 20.1 Å². The Morgan fingerprint density at radius 2 is 1.95 bits per heavy atom. The van der Waals surface area contributed by atoms with E-state index < -0.39 is 23.9 Å². The lowest BCUT2D eigenvalue weighted by atomic mass is 10.2. The van der Waals surface area contributed by atoms with Crippen molar-refractivity contribution in [3.05, 3.63) is 64.1 Å². The largest absolute Gasteiger partial charge is 0.483 e. The highest BCUT2D eigenvalue weighted by Crippen LogP contribution is 2.07. The minimum absolute atomic E-state index is 0.0293. The van der Waals surface area contributed by atoms with Gasteiger partial charge in [-0.15, -0.1) is 0 Å². The topological polar surface area (TPSA) is 108 Å². The van der Waals surface area contributed by atoms with Gasteiger partial charge in [-0.05, 0) is 5.56 Å². The number of nitrogens with one attached hydrogen (secondary N) is 2. The molecule has 0 aliphatic heterocycles. The number of benzene rings is 1. The summed E-state index contributed by atoms with van der Waals surface area (Å²) >= 11 is 0. The predicted molar refractivity (Wildman–Crippen MR) is 77.8 cm³/mol. The number of aliphatic carboxylic acids is 1. The molecule has 1 aromatic heterocycles. The van der Waals surface area contributed by atoms with Gasteiger partial charge in [0.1, 0.15) is 18.8 Å². The molecule has 0 radical (unpaired) electrons. The van der Waals surface area contributed by atoms with Crippen molar-refractivity contribution in [1.29, 1.82) is 0 Å². The van der Waals surface area contributed by atoms with E-state index in [1.54, 1.807) is 0 Å². The van der Waals surface area contributed by atoms with Gasteiger partial charge in [0.05, 0.1) is 0 Å². The average molecular weight is 302 g/mol. The highest BCUT2D eigenvalue weighted by Gasteiger charge is 2.10. The summed E-state index contributed by atoms with van der Waals surface area (Å²) in [7, 11) is 0. The number of carbonyl (C=O) groups excluding carboxylic acids is 1. The molecule has 22 heavy (non-hydrogen) atoms. The van der Waals surface area contributed by atoms with Crippen LogP contribution in [0.2, 0.25) is 0 Å². The van der Waals surface area contributed by atoms with Gasteiger partial charge in [-0.3, -0.25) is 14.4 Å². The summed E-state index contributed by atoms with van der Waals surface area (Å²) in [5, 5.41) is 10.6. The van der Waals surface area contributed by atoms with Crippen molar-refractivity contribution in [3.63, 3.8) is 0 Å². The van der Waals surface area contributed by atoms with Gasteiger partial charge >= 0.3 is 5.97 Å². The number of aromatic nitrogens is 1. The van der Waals surface area contributed by atoms with Crippen LogP contribution in [-0.2, 0) is 11.4 Å². The van der Waals surface area contributed by atoms with Gasteiger partial charge in [0.25, 0.3) is 5.91 Å². The monoisotopic (exact) mass is 302 g/mol. The third-order valence-electron chi connectivity index (χ3n) is 2.76. The van der Waals surface area contributed by atoms with E-state index in [9.17, 15) is 14.4 Å². The van der Waals surface area contributed by atoms with Gasteiger partial charge in [-0.2, -0.15) is 0 Å². The number of aromatic amines is 1. The van der Waals surface area contributed by atoms with Crippen LogP contribution >= 0.6 is 0 Å². The Hall–Kier alpha value is -3.09. The van der Waals surface area contributed by atoms with E-state index in [4.69, 9.17) is 9.84 Å². The molecule has 7 nitrogen and oxygen atoms in total. The number of hydrogen-bond donors (Lipinski definition) is 3. The molecule has 0 aliphatic rings. The second kappa shape index (κ2) is 7.07. The van der Waals surface area contributed by atoms with Crippen LogP contribution in [0.3, 0.4) is 0 Å². The van der Waals surface area contributed by atoms with Gasteiger partial charge in [0.2, 0.25) is 5.43 Å². The highest BCUT2D eigenvalue weighted by atomic mass is 16.5. The van der Waals surface area contributed by atoms with Crippen molar-refractivity contribution in [2.24, 2.45) is 0 Å². The summed E-state index contributed by atoms with van der Waals surface area (Å²) in [6.45, 7) is -0.290. The highest BCUT2D eigenvalue weighted by molar-refractivity contribution is 5.94. The fraction of sp³-hybridized carbons (Fsp3) is 0.133. The lowest BCUT2D eigenvalue weighted by Crippen LogP contribution is -2.30. The predicted octanol–water partition coefficient (Wildman–Crippen LogP) is 0.768. The molecule has 0 bridgehead atoms. The molecule has 0 spiro atoms. The number of amides is 1. The first kappa shape index (κ1) is 15.3. The van der Waals surface area contributed by atoms with Crippen LogP contribution in [-0.4, -0.2) is 28.5 Å². The summed E-state index contributed by atoms with van der Waals surface area (Å²) in [6.07, 6.45) is 1.28. The van der Waals surface area contributed by atoms with Crippen LogP contribution in [0.25, 0.3) is 0 Å². The number of ether oxygens (including phenoxy) is 1. The van der Waals surface area contributed by atoms with E-state index in [1.165, 1.54) is 6.20 Å². The van der Waals surface area contributed by atoms with Crippen LogP contribution in [0.1, 0.15) is 16.1 Å². The number of rotatable bonds is 6. The van der Waals surface area contributed by atoms with Gasteiger partial charge in [-0.1, -0.05) is 30.3 Å². The van der Waals surface area contributed by atoms with Crippen molar-refractivity contribution in [1.82, 2.24) is 10.3 Å². The van der Waals surface area contributed by atoms with E-state index in [1.807, 2.05) is 30.3 Å². The first-order valence-electron chi connectivity index (χ1n) is 6.45. The van der Waals surface area contributed by atoms with Crippen LogP contribution in [0, 0.1) is 0 Å². The molecule has 0 unspecified atom stereocenters. The molecule has 0 fully saturated rings. The summed E-state index contributed by atoms with van der Waals surface area (Å²) in [5.74, 6) is -1.76. The number of H-pyrrole nitrogens is 1. The lowest BCUT2D eigenvalue weighted by Gasteiger charge is -2.07. The van der Waals surface area contributed by atoms with Gasteiger partial charge in [0, 0.05) is 12.3 Å². The molecule has 0 atom stereocenters. The molecule has 114 valence electrons. The Kier molecular flexibility index (Phi) is 4.92. The molecule has 2 rings (SSSR count). The van der Waals surface area contributed by atoms with Crippen molar-refractivity contribution in [2.45, 2.75) is 6.61 Å². The molecule has 7 heteroatoms. The summed E-state index contributed by atoms with van der Waals surface area (Å²) in [5.41, 5.74) is 0.415. The van der Waals surface area contributed by atoms with Crippen molar-refractivity contribution >= 4 is 11.9 Å². The minimum Gasteiger partial charge on any atom is -0.483 e. The maximum Gasteiger partial charge on any atom is 0.322 e. The maximum absolute atomic E-state index is 11.9. The Morgan fingerprint density at radius 3 is 2.59 bits per heavy atom. The van der Waals surface area contributed by atoms with Crippen molar-refractivity contribution in [2.75, 3.05) is 6.54 Å². The second-order valence-electron chi connectivity index (χ2n) is 4.43. The second-order valence-corrected chi connectivity index (χ2v) is 4.43. The first-order valence-corrected chi connectivity index (χ1v) is 6.45. The number of carboxylic acid groups (broad SMARTS) is 1. The molecule has 1 amide bonds. The molecular formula is C15H14N2O5. The standard InChI is InChI=1S/C15H14N2O5/c18-12-6-11(15(21)17-8-14(19)20)16-7-13(12)22-9-10-4-2-1-3-5-10/h1-7H,8-9H2,(H,16,18)(H,17,21)(H,19,20). The summed E-state index contributed by atoms with van der Waals surface area (Å²) in [6, 6.07) is 10.4. The Labute approximate surface area is 125 Å². The van der Waals surface area contributed by atoms with Crippen LogP contribution in [0.4, 0.5) is 0 Å². The molecule has 2 aromatic rings. The fourth-order valence-electron chi connectivity index (χ4n) is 1.69. The number of pyridine rings is 1. The van der Waals surface area contributed by atoms with E-state index in [2.05, 4.69) is 10.3 Å². The van der Waals surface area contributed by atoms with E-state index >= 15 is 0 Å². The average Bonchev–Trinajstić information content (AvgIpc) is 2.52. The van der Waals surface area contributed by atoms with E-state index in [0.29, 0.717) is 0 Å². The zero-order valence-electron chi connectivity index (χ0n) is 11.5. The summed E-state index contributed by atoms with van der Waals surface area (Å²) in [4.78, 5) is 36.4. The number of carbonyl (C=O) groups is 2. The molecule has 0 saturated carbocycles. The first-order chi connectivity index (χ1) is 10.6. The third-order valence-corrected chi connectivity index (χ3v) is 2.76. The van der Waals surface area contributed by atoms with E-state index in [-0.39, 0.29) is 18.1 Å². The molecule has 1 aromatic carbocycles. The fourth-order valence-corrected chi connectivity index (χ4v) is 1.69. The molecular weight excluding hydrogens is 288 g/mol. The Bertz CT molecular complexity index is 724. The lowest BCUT2D eigenvalue weighted by molar-refractivity contribution is -0.135. The SMILES string of the molecule is O=C(O)CNC(=O)c1cc(=O)c(OCc2ccccc2)c[nH]1. The summed E-state index contributed by atoms with van der Waals surface area (Å²) < 4.78 is 5.39. The van der Waals surface area contributed by atoms with Gasteiger partial charge in [0.15, 0.2) is 5.75 Å². The molecule has 3 N–H and O–H groups in total. The molecule has 0 aliphatic carbocycles. The van der Waals surface area contributed by atoms with Crippen molar-refractivity contribution in [3.8, 4) is 5.75 Å². The number of carboxylic acids is 1. The zero-order chi connectivity index (χ0) is 15.9. The molecule has 1 heterocycles. The minimum atomic E-state index is -1.17. The van der Waals surface area contributed by atoms with Crippen LogP contribution in [0.15, 0.2) is 47.4 Å². The van der Waals surface area contributed by atoms with Crippen LogP contribution < -0.4 is 15.5 Å². The van der Waals surface area contributed by atoms with E-state index in [0.717, 1.165) is 11.6 Å². The third kappa shape index (κ3) is 4.20. The normalized spacial score (nSPS) is 10.0. The van der Waals surface area contributed by atoms with Gasteiger partial charge in [-0.25, -0.2) is 0 Å². The smallest absolute Gasteiger partial charge is 0.322 e. The maximum atomic E-state index is 11.9. The van der Waals surface area contributed by atoms with Crippen LogP contribution in [0.5, 0.6) is 5.75 Å². The number of hydrogen-bond acceptors (Lipinski definition) is 4. The molecule has 0 saturated heterocycles. The Morgan fingerprint density at radius 1 is 1.23 bits per heavy atom. The zero-order valence-corrected chi connectivity index (χ0v) is 11.5.